The summed E-state index contributed by atoms with van der Waals surface area (Å²) in [5, 5.41) is 6.56. The Kier molecular flexibility index (Phi) is 6.11. The largest absolute Gasteiger partial charge is 0.495 e. The van der Waals surface area contributed by atoms with Crippen molar-refractivity contribution in [2.75, 3.05) is 12.4 Å². The van der Waals surface area contributed by atoms with E-state index in [0.29, 0.717) is 29.0 Å². The minimum atomic E-state index is -0.272. The van der Waals surface area contributed by atoms with Crippen molar-refractivity contribution in [2.45, 2.75) is 20.4 Å². The van der Waals surface area contributed by atoms with E-state index in [1.54, 1.807) is 19.2 Å². The number of aromatic nitrogens is 2. The molecule has 0 aliphatic heterocycles. The Morgan fingerprint density at radius 3 is 2.75 bits per heavy atom. The SMILES string of the molecule is COc1cc(Cl)c(C)cc1Nc1nccc(C(=O)NCc2cccc(C)c2)n1. The third-order valence-corrected chi connectivity index (χ3v) is 4.56. The summed E-state index contributed by atoms with van der Waals surface area (Å²) in [6.45, 7) is 4.33. The van der Waals surface area contributed by atoms with E-state index >= 15 is 0 Å². The first-order chi connectivity index (χ1) is 13.5. The first-order valence-electron chi connectivity index (χ1n) is 8.74. The molecular formula is C21H21ClN4O2. The van der Waals surface area contributed by atoms with Gasteiger partial charge in [-0.2, -0.15) is 0 Å². The molecule has 1 amide bonds. The van der Waals surface area contributed by atoms with E-state index in [1.807, 2.05) is 44.2 Å². The van der Waals surface area contributed by atoms with Crippen LogP contribution in [0.1, 0.15) is 27.2 Å². The van der Waals surface area contributed by atoms with Crippen molar-refractivity contribution in [1.29, 1.82) is 0 Å². The van der Waals surface area contributed by atoms with Crippen LogP contribution in [0.4, 0.5) is 11.6 Å². The van der Waals surface area contributed by atoms with Crippen molar-refractivity contribution in [2.24, 2.45) is 0 Å². The zero-order valence-corrected chi connectivity index (χ0v) is 16.7. The van der Waals surface area contributed by atoms with Crippen LogP contribution >= 0.6 is 11.6 Å². The number of hydrogen-bond acceptors (Lipinski definition) is 5. The molecule has 0 bridgehead atoms. The van der Waals surface area contributed by atoms with E-state index in [1.165, 1.54) is 6.20 Å². The van der Waals surface area contributed by atoms with E-state index in [9.17, 15) is 4.79 Å². The number of nitrogens with zero attached hydrogens (tertiary/aromatic N) is 2. The quantitative estimate of drug-likeness (QED) is 0.644. The molecule has 0 radical (unpaired) electrons. The highest BCUT2D eigenvalue weighted by atomic mass is 35.5. The highest BCUT2D eigenvalue weighted by Gasteiger charge is 2.12. The molecule has 0 spiro atoms. The molecule has 3 rings (SSSR count). The van der Waals surface area contributed by atoms with Gasteiger partial charge in [0.05, 0.1) is 12.8 Å². The van der Waals surface area contributed by atoms with Gasteiger partial charge in [0.25, 0.3) is 5.91 Å². The van der Waals surface area contributed by atoms with Crippen LogP contribution in [0.5, 0.6) is 5.75 Å². The molecule has 0 aliphatic rings. The Labute approximate surface area is 168 Å². The molecule has 144 valence electrons. The van der Waals surface area contributed by atoms with Gasteiger partial charge in [-0.3, -0.25) is 4.79 Å². The van der Waals surface area contributed by atoms with E-state index in [0.717, 1.165) is 16.7 Å². The van der Waals surface area contributed by atoms with Crippen LogP contribution in [0, 0.1) is 13.8 Å². The van der Waals surface area contributed by atoms with Crippen LogP contribution in [-0.2, 0) is 6.54 Å². The number of halogens is 1. The van der Waals surface area contributed by atoms with Gasteiger partial charge < -0.3 is 15.4 Å². The topological polar surface area (TPSA) is 76.1 Å². The van der Waals surface area contributed by atoms with Gasteiger partial charge in [-0.1, -0.05) is 41.4 Å². The number of carbonyl (C=O) groups is 1. The number of nitrogens with one attached hydrogen (secondary N) is 2. The lowest BCUT2D eigenvalue weighted by molar-refractivity contribution is 0.0946. The number of aryl methyl sites for hydroxylation is 2. The van der Waals surface area contributed by atoms with Crippen LogP contribution < -0.4 is 15.4 Å². The molecule has 7 heteroatoms. The summed E-state index contributed by atoms with van der Waals surface area (Å²) >= 11 is 6.14. The van der Waals surface area contributed by atoms with Crippen molar-refractivity contribution in [3.8, 4) is 5.75 Å². The zero-order valence-electron chi connectivity index (χ0n) is 15.9. The summed E-state index contributed by atoms with van der Waals surface area (Å²) in [4.78, 5) is 20.9. The minimum absolute atomic E-state index is 0.272. The molecule has 1 aromatic heterocycles. The summed E-state index contributed by atoms with van der Waals surface area (Å²) in [5.41, 5.74) is 4.00. The lowest BCUT2D eigenvalue weighted by Crippen LogP contribution is -2.24. The van der Waals surface area contributed by atoms with Gasteiger partial charge in [0.2, 0.25) is 5.95 Å². The number of amides is 1. The maximum atomic E-state index is 12.5. The van der Waals surface area contributed by atoms with Crippen molar-refractivity contribution < 1.29 is 9.53 Å². The average molecular weight is 397 g/mol. The van der Waals surface area contributed by atoms with Gasteiger partial charge >= 0.3 is 0 Å². The van der Waals surface area contributed by atoms with Crippen molar-refractivity contribution >= 4 is 29.1 Å². The van der Waals surface area contributed by atoms with Crippen LogP contribution in [0.3, 0.4) is 0 Å². The smallest absolute Gasteiger partial charge is 0.270 e. The number of methoxy groups -OCH3 is 1. The predicted molar refractivity (Wildman–Crippen MR) is 110 cm³/mol. The third kappa shape index (κ3) is 4.78. The van der Waals surface area contributed by atoms with Gasteiger partial charge in [0, 0.05) is 23.8 Å². The standard InChI is InChI=1S/C21H21ClN4O2/c1-13-5-4-6-15(9-13)12-24-20(27)17-7-8-23-21(25-17)26-18-10-14(2)16(22)11-19(18)28-3/h4-11H,12H2,1-3H3,(H,24,27)(H,23,25,26). The van der Waals surface area contributed by atoms with E-state index in [-0.39, 0.29) is 11.6 Å². The molecule has 2 N–H and O–H groups in total. The normalized spacial score (nSPS) is 10.4. The van der Waals surface area contributed by atoms with Gasteiger partial charge in [0.15, 0.2) is 0 Å². The van der Waals surface area contributed by atoms with Crippen molar-refractivity contribution in [3.63, 3.8) is 0 Å². The Balaban J connectivity index is 1.73. The van der Waals surface area contributed by atoms with Crippen LogP contribution in [0.2, 0.25) is 5.02 Å². The number of benzene rings is 2. The Bertz CT molecular complexity index is 1010. The second kappa shape index (κ2) is 8.71. The number of ether oxygens (including phenoxy) is 1. The summed E-state index contributed by atoms with van der Waals surface area (Å²) in [7, 11) is 1.56. The Morgan fingerprint density at radius 2 is 2.00 bits per heavy atom. The molecule has 0 aliphatic carbocycles. The van der Waals surface area contributed by atoms with E-state index in [2.05, 4.69) is 20.6 Å². The van der Waals surface area contributed by atoms with E-state index < -0.39 is 0 Å². The lowest BCUT2D eigenvalue weighted by Gasteiger charge is -2.12. The van der Waals surface area contributed by atoms with Crippen molar-refractivity contribution in [1.82, 2.24) is 15.3 Å². The molecule has 3 aromatic rings. The van der Waals surface area contributed by atoms with Crippen LogP contribution in [-0.4, -0.2) is 23.0 Å². The van der Waals surface area contributed by atoms with Gasteiger partial charge in [-0.25, -0.2) is 9.97 Å². The zero-order chi connectivity index (χ0) is 20.1. The molecule has 1 heterocycles. The van der Waals surface area contributed by atoms with Gasteiger partial charge in [0.1, 0.15) is 11.4 Å². The molecule has 6 nitrogen and oxygen atoms in total. The summed E-state index contributed by atoms with van der Waals surface area (Å²) < 4.78 is 5.35. The maximum absolute atomic E-state index is 12.5. The molecule has 28 heavy (non-hydrogen) atoms. The van der Waals surface area contributed by atoms with Gasteiger partial charge in [-0.05, 0) is 37.1 Å². The average Bonchev–Trinajstić information content (AvgIpc) is 2.69. The van der Waals surface area contributed by atoms with E-state index in [4.69, 9.17) is 16.3 Å². The summed E-state index contributed by atoms with van der Waals surface area (Å²) in [6.07, 6.45) is 1.53. The fraction of sp³-hybridized carbons (Fsp3) is 0.190. The molecule has 0 saturated heterocycles. The molecule has 0 saturated carbocycles. The highest BCUT2D eigenvalue weighted by Crippen LogP contribution is 2.32. The fourth-order valence-electron chi connectivity index (χ4n) is 2.69. The molecule has 0 atom stereocenters. The first-order valence-corrected chi connectivity index (χ1v) is 9.12. The number of anilines is 2. The monoisotopic (exact) mass is 396 g/mol. The second-order valence-electron chi connectivity index (χ2n) is 6.36. The van der Waals surface area contributed by atoms with Crippen molar-refractivity contribution in [3.05, 3.63) is 76.1 Å². The van der Waals surface area contributed by atoms with Gasteiger partial charge in [-0.15, -0.1) is 0 Å². The Morgan fingerprint density at radius 1 is 1.18 bits per heavy atom. The molecule has 2 aromatic carbocycles. The highest BCUT2D eigenvalue weighted by molar-refractivity contribution is 6.31. The fourth-order valence-corrected chi connectivity index (χ4v) is 2.84. The van der Waals surface area contributed by atoms with Crippen LogP contribution in [0.15, 0.2) is 48.7 Å². The number of hydrogen-bond donors (Lipinski definition) is 2. The molecular weight excluding hydrogens is 376 g/mol. The number of carbonyl (C=O) groups excluding carboxylic acids is 1. The number of rotatable bonds is 6. The summed E-state index contributed by atoms with van der Waals surface area (Å²) in [6, 6.07) is 13.1. The van der Waals surface area contributed by atoms with Crippen LogP contribution in [0.25, 0.3) is 0 Å². The maximum Gasteiger partial charge on any atom is 0.270 e. The first kappa shape index (κ1) is 19.6. The summed E-state index contributed by atoms with van der Waals surface area (Å²) in [5.74, 6) is 0.586. The predicted octanol–water partition coefficient (Wildman–Crippen LogP) is 4.43. The molecule has 0 unspecified atom stereocenters. The Hall–Kier alpha value is -3.12. The molecule has 0 fully saturated rings. The minimum Gasteiger partial charge on any atom is -0.495 e. The third-order valence-electron chi connectivity index (χ3n) is 4.15. The second-order valence-corrected chi connectivity index (χ2v) is 6.77. The lowest BCUT2D eigenvalue weighted by atomic mass is 10.1.